The first kappa shape index (κ1) is 21.1. The Bertz CT molecular complexity index is 817. The highest BCUT2D eigenvalue weighted by Crippen LogP contribution is 2.23. The molecule has 5 nitrogen and oxygen atoms in total. The minimum atomic E-state index is -3.61. The van der Waals surface area contributed by atoms with Crippen LogP contribution in [0.5, 0.6) is 0 Å². The van der Waals surface area contributed by atoms with Crippen LogP contribution in [0.1, 0.15) is 55.7 Å². The van der Waals surface area contributed by atoms with E-state index in [-0.39, 0.29) is 17.4 Å². The van der Waals surface area contributed by atoms with Crippen LogP contribution < -0.4 is 4.72 Å². The van der Waals surface area contributed by atoms with Crippen LogP contribution in [-0.4, -0.2) is 19.5 Å². The molecule has 6 heteroatoms. The lowest BCUT2D eigenvalue weighted by Crippen LogP contribution is -2.28. The molecule has 27 heavy (non-hydrogen) atoms. The summed E-state index contributed by atoms with van der Waals surface area (Å²) in [5, 5.41) is 8.68. The van der Waals surface area contributed by atoms with E-state index in [1.165, 1.54) is 0 Å². The average Bonchev–Trinajstić information content (AvgIpc) is 2.64. The lowest BCUT2D eigenvalue weighted by atomic mass is 10.0. The van der Waals surface area contributed by atoms with Gasteiger partial charge in [-0.3, -0.25) is 4.79 Å². The van der Waals surface area contributed by atoms with Gasteiger partial charge in [0, 0.05) is 12.5 Å². The lowest BCUT2D eigenvalue weighted by Gasteiger charge is -2.19. The summed E-state index contributed by atoms with van der Waals surface area (Å²) in [6, 6.07) is 16.0. The Balaban J connectivity index is 2.02. The van der Waals surface area contributed by atoms with Crippen molar-refractivity contribution in [2.24, 2.45) is 0 Å². The number of aliphatic carboxylic acids is 1. The number of unbranched alkanes of at least 4 members (excludes halogenated alkanes) is 3. The molecule has 0 saturated heterocycles. The molecule has 2 aromatic rings. The molecule has 0 bridgehead atoms. The molecule has 2 rings (SSSR count). The number of carboxylic acids is 1. The Morgan fingerprint density at radius 1 is 0.963 bits per heavy atom. The van der Waals surface area contributed by atoms with Gasteiger partial charge in [-0.25, -0.2) is 13.1 Å². The average molecular weight is 390 g/mol. The molecule has 2 N–H and O–H groups in total. The monoisotopic (exact) mass is 389 g/mol. The van der Waals surface area contributed by atoms with Crippen LogP contribution in [0.15, 0.2) is 59.5 Å². The van der Waals surface area contributed by atoms with Gasteiger partial charge in [-0.05, 0) is 37.5 Å². The summed E-state index contributed by atoms with van der Waals surface area (Å²) in [4.78, 5) is 10.8. The first-order valence-electron chi connectivity index (χ1n) is 9.24. The molecule has 146 valence electrons. The van der Waals surface area contributed by atoms with Gasteiger partial charge < -0.3 is 5.11 Å². The van der Waals surface area contributed by atoms with E-state index in [0.29, 0.717) is 12.8 Å². The smallest absolute Gasteiger partial charge is 0.303 e. The Morgan fingerprint density at radius 3 is 2.22 bits per heavy atom. The first-order chi connectivity index (χ1) is 12.9. The van der Waals surface area contributed by atoms with Gasteiger partial charge in [0.1, 0.15) is 0 Å². The van der Waals surface area contributed by atoms with E-state index in [2.05, 4.69) is 4.72 Å². The second-order valence-corrected chi connectivity index (χ2v) is 8.46. The number of nitrogens with one attached hydrogen (secondary N) is 1. The van der Waals surface area contributed by atoms with Crippen LogP contribution in [0.25, 0.3) is 0 Å². The summed E-state index contributed by atoms with van der Waals surface area (Å²) in [5.74, 6) is -0.775. The van der Waals surface area contributed by atoms with Crippen molar-refractivity contribution in [1.82, 2.24) is 4.72 Å². The fourth-order valence-electron chi connectivity index (χ4n) is 2.93. The molecule has 0 aromatic heterocycles. The quantitative estimate of drug-likeness (QED) is 0.557. The Morgan fingerprint density at radius 2 is 1.59 bits per heavy atom. The van der Waals surface area contributed by atoms with Crippen LogP contribution in [0, 0.1) is 6.92 Å². The van der Waals surface area contributed by atoms with Gasteiger partial charge in [-0.15, -0.1) is 0 Å². The van der Waals surface area contributed by atoms with Crippen molar-refractivity contribution in [3.8, 4) is 0 Å². The number of carbonyl (C=O) groups is 1. The molecular formula is C21H27NO4S. The van der Waals surface area contributed by atoms with Crippen LogP contribution in [0.4, 0.5) is 0 Å². The van der Waals surface area contributed by atoms with Crippen LogP contribution in [-0.2, 0) is 14.8 Å². The molecule has 0 amide bonds. The molecule has 0 radical (unpaired) electrons. The van der Waals surface area contributed by atoms with Gasteiger partial charge >= 0.3 is 5.97 Å². The van der Waals surface area contributed by atoms with E-state index >= 15 is 0 Å². The molecule has 0 spiro atoms. The maximum atomic E-state index is 12.8. The van der Waals surface area contributed by atoms with Gasteiger partial charge in [0.05, 0.1) is 4.90 Å². The zero-order valence-corrected chi connectivity index (χ0v) is 16.4. The van der Waals surface area contributed by atoms with Crippen LogP contribution in [0.3, 0.4) is 0 Å². The SMILES string of the molecule is Cc1ccc(S(=O)(=O)NC(CCCCCCC(=O)O)c2ccccc2)cc1. The standard InChI is InChI=1S/C21H27NO4S/c1-17-13-15-19(16-14-17)27(25,26)22-20(18-9-5-4-6-10-18)11-7-2-3-8-12-21(23)24/h4-6,9-10,13-16,20,22H,2-3,7-8,11-12H2,1H3,(H,23,24). The molecule has 0 fully saturated rings. The Kier molecular flexibility index (Phi) is 8.00. The highest BCUT2D eigenvalue weighted by Gasteiger charge is 2.21. The number of benzene rings is 2. The molecule has 0 aliphatic carbocycles. The van der Waals surface area contributed by atoms with Crippen LogP contribution in [0.2, 0.25) is 0 Å². The van der Waals surface area contributed by atoms with Gasteiger partial charge in [-0.1, -0.05) is 67.3 Å². The third-order valence-corrected chi connectivity index (χ3v) is 5.95. The van der Waals surface area contributed by atoms with E-state index in [0.717, 1.165) is 30.4 Å². The summed E-state index contributed by atoms with van der Waals surface area (Å²) >= 11 is 0. The number of carboxylic acid groups (broad SMARTS) is 1. The van der Waals surface area contributed by atoms with Gasteiger partial charge in [0.25, 0.3) is 0 Å². The number of hydrogen-bond donors (Lipinski definition) is 2. The zero-order valence-electron chi connectivity index (χ0n) is 15.6. The first-order valence-corrected chi connectivity index (χ1v) is 10.7. The second kappa shape index (κ2) is 10.2. The summed E-state index contributed by atoms with van der Waals surface area (Å²) < 4.78 is 28.4. The van der Waals surface area contributed by atoms with E-state index in [1.54, 1.807) is 24.3 Å². The van der Waals surface area contributed by atoms with Gasteiger partial charge in [0.15, 0.2) is 0 Å². The largest absolute Gasteiger partial charge is 0.481 e. The topological polar surface area (TPSA) is 83.5 Å². The summed E-state index contributed by atoms with van der Waals surface area (Å²) in [5.41, 5.74) is 1.94. The molecule has 0 aliphatic rings. The fourth-order valence-corrected chi connectivity index (χ4v) is 4.19. The number of sulfonamides is 1. The fraction of sp³-hybridized carbons (Fsp3) is 0.381. The predicted octanol–water partition coefficient (Wildman–Crippen LogP) is 4.44. The minimum Gasteiger partial charge on any atom is -0.481 e. The summed E-state index contributed by atoms with van der Waals surface area (Å²) in [7, 11) is -3.61. The predicted molar refractivity (Wildman–Crippen MR) is 106 cm³/mol. The second-order valence-electron chi connectivity index (χ2n) is 6.74. The Labute approximate surface area is 161 Å². The van der Waals surface area contributed by atoms with Crippen molar-refractivity contribution in [2.75, 3.05) is 0 Å². The number of aryl methyl sites for hydroxylation is 1. The van der Waals surface area contributed by atoms with Gasteiger partial charge in [-0.2, -0.15) is 0 Å². The molecular weight excluding hydrogens is 362 g/mol. The normalized spacial score (nSPS) is 12.6. The Hall–Kier alpha value is -2.18. The summed E-state index contributed by atoms with van der Waals surface area (Å²) in [6.45, 7) is 1.92. The third kappa shape index (κ3) is 7.15. The number of rotatable bonds is 11. The maximum absolute atomic E-state index is 12.8. The molecule has 2 aromatic carbocycles. The molecule has 0 heterocycles. The van der Waals surface area contributed by atoms with Crippen molar-refractivity contribution < 1.29 is 18.3 Å². The molecule has 1 atom stereocenters. The van der Waals surface area contributed by atoms with Crippen LogP contribution >= 0.6 is 0 Å². The van der Waals surface area contributed by atoms with E-state index in [1.807, 2.05) is 37.3 Å². The number of hydrogen-bond acceptors (Lipinski definition) is 3. The van der Waals surface area contributed by atoms with Gasteiger partial charge in [0.2, 0.25) is 10.0 Å². The summed E-state index contributed by atoms with van der Waals surface area (Å²) in [6.07, 6.45) is 4.04. The van der Waals surface area contributed by atoms with Crippen molar-refractivity contribution >= 4 is 16.0 Å². The minimum absolute atomic E-state index is 0.183. The third-order valence-electron chi connectivity index (χ3n) is 4.46. The van der Waals surface area contributed by atoms with Crippen molar-refractivity contribution in [1.29, 1.82) is 0 Å². The van der Waals surface area contributed by atoms with E-state index in [9.17, 15) is 13.2 Å². The van der Waals surface area contributed by atoms with Crippen molar-refractivity contribution in [3.63, 3.8) is 0 Å². The van der Waals surface area contributed by atoms with Crippen molar-refractivity contribution in [2.45, 2.75) is 56.4 Å². The van der Waals surface area contributed by atoms with Crippen molar-refractivity contribution in [3.05, 3.63) is 65.7 Å². The zero-order chi connectivity index (χ0) is 19.7. The maximum Gasteiger partial charge on any atom is 0.303 e. The highest BCUT2D eigenvalue weighted by atomic mass is 32.2. The molecule has 1 unspecified atom stereocenters. The lowest BCUT2D eigenvalue weighted by molar-refractivity contribution is -0.137. The highest BCUT2D eigenvalue weighted by molar-refractivity contribution is 7.89. The molecule has 0 aliphatic heterocycles. The van der Waals surface area contributed by atoms with E-state index < -0.39 is 16.0 Å². The molecule has 0 saturated carbocycles. The van der Waals surface area contributed by atoms with E-state index in [4.69, 9.17) is 5.11 Å².